The van der Waals surface area contributed by atoms with Gasteiger partial charge in [0.05, 0.1) is 0 Å². The molecule has 1 spiro atoms. The van der Waals surface area contributed by atoms with Gasteiger partial charge in [-0.3, -0.25) is 0 Å². The maximum Gasteiger partial charge on any atom is 0.0471 e. The van der Waals surface area contributed by atoms with Crippen LogP contribution in [0.25, 0.3) is 0 Å². The van der Waals surface area contributed by atoms with Gasteiger partial charge in [-0.25, -0.2) is 0 Å². The highest BCUT2D eigenvalue weighted by Crippen LogP contribution is 2.38. The zero-order valence-corrected chi connectivity index (χ0v) is 9.94. The van der Waals surface area contributed by atoms with Gasteiger partial charge in [0.15, 0.2) is 0 Å². The molecule has 1 atom stereocenters. The third-order valence-corrected chi connectivity index (χ3v) is 3.12. The molecule has 2 rings (SSSR count). The predicted molar refractivity (Wildman–Crippen MR) is 60.5 cm³/mol. The quantitative estimate of drug-likeness (QED) is 0.647. The molecule has 0 aromatic heterocycles. The van der Waals surface area contributed by atoms with Crippen LogP contribution in [0.1, 0.15) is 46.5 Å². The summed E-state index contributed by atoms with van der Waals surface area (Å²) in [6.45, 7) is 9.71. The van der Waals surface area contributed by atoms with Crippen molar-refractivity contribution in [2.75, 3.05) is 19.8 Å². The first-order valence-electron chi connectivity index (χ1n) is 6.03. The molecule has 0 aliphatic carbocycles. The molecule has 84 valence electrons. The minimum absolute atomic E-state index is 0.609. The summed E-state index contributed by atoms with van der Waals surface area (Å²) in [6.07, 6.45) is 5.14. The molecule has 2 saturated heterocycles. The maximum absolute atomic E-state index is 5.36. The molecule has 0 aromatic carbocycles. The molecule has 0 aromatic rings. The molecule has 2 nitrogen and oxygen atoms in total. The van der Waals surface area contributed by atoms with Crippen LogP contribution in [0.2, 0.25) is 0 Å². The predicted octanol–water partition coefficient (Wildman–Crippen LogP) is 2.58. The minimum atomic E-state index is 0.609. The fourth-order valence-corrected chi connectivity index (χ4v) is 2.37. The van der Waals surface area contributed by atoms with Crippen molar-refractivity contribution >= 4 is 0 Å². The van der Waals surface area contributed by atoms with Gasteiger partial charge in [0.1, 0.15) is 0 Å². The van der Waals surface area contributed by atoms with E-state index in [1.54, 1.807) is 0 Å². The number of nitrogens with one attached hydrogen (secondary N) is 1. The lowest BCUT2D eigenvalue weighted by Gasteiger charge is -2.32. The highest BCUT2D eigenvalue weighted by Gasteiger charge is 2.38. The van der Waals surface area contributed by atoms with Crippen LogP contribution < -0.4 is 5.32 Å². The Labute approximate surface area is 88.4 Å². The standard InChI is InChI=1S/C9H17NO.C3H8/c1-8-6-9(7-10-8)2-4-11-5-3-9;1-3-2/h8,10H,2-7H2,1H3;3H2,1-2H3. The average Bonchev–Trinajstić information content (AvgIpc) is 2.50. The Kier molecular flexibility index (Phi) is 4.90. The number of hydrogen-bond acceptors (Lipinski definition) is 2. The van der Waals surface area contributed by atoms with Crippen LogP contribution in [0.4, 0.5) is 0 Å². The third-order valence-electron chi connectivity index (χ3n) is 3.12. The SMILES string of the molecule is CC1CC2(CCOCC2)CN1.CCC. The maximum atomic E-state index is 5.36. The van der Waals surface area contributed by atoms with Crippen molar-refractivity contribution in [2.45, 2.75) is 52.5 Å². The first-order valence-corrected chi connectivity index (χ1v) is 6.03. The Bertz CT molecular complexity index is 147. The van der Waals surface area contributed by atoms with Crippen LogP contribution in [-0.2, 0) is 4.74 Å². The number of ether oxygens (including phenoxy) is 1. The number of rotatable bonds is 0. The molecule has 2 fully saturated rings. The van der Waals surface area contributed by atoms with Gasteiger partial charge >= 0.3 is 0 Å². The van der Waals surface area contributed by atoms with Gasteiger partial charge in [-0.2, -0.15) is 0 Å². The van der Waals surface area contributed by atoms with Crippen molar-refractivity contribution in [3.05, 3.63) is 0 Å². The lowest BCUT2D eigenvalue weighted by atomic mass is 9.78. The molecule has 0 amide bonds. The van der Waals surface area contributed by atoms with Gasteiger partial charge in [0.25, 0.3) is 0 Å². The molecule has 0 saturated carbocycles. The molecule has 14 heavy (non-hydrogen) atoms. The summed E-state index contributed by atoms with van der Waals surface area (Å²) in [5, 5.41) is 3.52. The zero-order valence-electron chi connectivity index (χ0n) is 9.94. The zero-order chi connectivity index (χ0) is 10.4. The topological polar surface area (TPSA) is 21.3 Å². The Balaban J connectivity index is 0.000000293. The number of hydrogen-bond donors (Lipinski definition) is 1. The van der Waals surface area contributed by atoms with E-state index in [1.165, 1.54) is 32.2 Å². The van der Waals surface area contributed by atoms with Gasteiger partial charge in [-0.05, 0) is 31.6 Å². The molecular weight excluding hydrogens is 174 g/mol. The van der Waals surface area contributed by atoms with Gasteiger partial charge in [0, 0.05) is 25.8 Å². The molecule has 2 heteroatoms. The van der Waals surface area contributed by atoms with Gasteiger partial charge in [-0.1, -0.05) is 20.3 Å². The summed E-state index contributed by atoms with van der Waals surface area (Å²) in [5.74, 6) is 0. The van der Waals surface area contributed by atoms with Crippen molar-refractivity contribution in [1.29, 1.82) is 0 Å². The van der Waals surface area contributed by atoms with E-state index in [2.05, 4.69) is 26.1 Å². The van der Waals surface area contributed by atoms with Crippen molar-refractivity contribution in [3.8, 4) is 0 Å². The Hall–Kier alpha value is -0.0800. The Morgan fingerprint density at radius 1 is 1.29 bits per heavy atom. The van der Waals surface area contributed by atoms with Crippen LogP contribution in [0.3, 0.4) is 0 Å². The summed E-state index contributed by atoms with van der Waals surface area (Å²) in [4.78, 5) is 0. The highest BCUT2D eigenvalue weighted by molar-refractivity contribution is 4.93. The second kappa shape index (κ2) is 5.72. The van der Waals surface area contributed by atoms with Crippen LogP contribution in [-0.4, -0.2) is 25.8 Å². The molecule has 2 heterocycles. The van der Waals surface area contributed by atoms with Gasteiger partial charge in [0.2, 0.25) is 0 Å². The second-order valence-corrected chi connectivity index (χ2v) is 4.81. The second-order valence-electron chi connectivity index (χ2n) is 4.81. The molecular formula is C12H25NO. The van der Waals surface area contributed by atoms with E-state index in [0.717, 1.165) is 19.3 Å². The summed E-state index contributed by atoms with van der Waals surface area (Å²) in [7, 11) is 0. The largest absolute Gasteiger partial charge is 0.381 e. The van der Waals surface area contributed by atoms with Crippen LogP contribution in [0.5, 0.6) is 0 Å². The molecule has 1 N–H and O–H groups in total. The fraction of sp³-hybridized carbons (Fsp3) is 1.00. The lowest BCUT2D eigenvalue weighted by molar-refractivity contribution is 0.0236. The highest BCUT2D eigenvalue weighted by atomic mass is 16.5. The lowest BCUT2D eigenvalue weighted by Crippen LogP contribution is -2.31. The summed E-state index contributed by atoms with van der Waals surface area (Å²) >= 11 is 0. The molecule has 0 radical (unpaired) electrons. The van der Waals surface area contributed by atoms with E-state index in [4.69, 9.17) is 4.74 Å². The van der Waals surface area contributed by atoms with E-state index in [-0.39, 0.29) is 0 Å². The van der Waals surface area contributed by atoms with E-state index in [9.17, 15) is 0 Å². The van der Waals surface area contributed by atoms with Crippen molar-refractivity contribution in [2.24, 2.45) is 5.41 Å². The molecule has 1 unspecified atom stereocenters. The monoisotopic (exact) mass is 199 g/mol. The molecule has 2 aliphatic heterocycles. The molecule has 2 aliphatic rings. The average molecular weight is 199 g/mol. The van der Waals surface area contributed by atoms with E-state index < -0.39 is 0 Å². The van der Waals surface area contributed by atoms with Crippen molar-refractivity contribution in [1.82, 2.24) is 5.32 Å². The van der Waals surface area contributed by atoms with Crippen LogP contribution >= 0.6 is 0 Å². The summed E-state index contributed by atoms with van der Waals surface area (Å²) in [5.41, 5.74) is 0.609. The van der Waals surface area contributed by atoms with Crippen molar-refractivity contribution in [3.63, 3.8) is 0 Å². The van der Waals surface area contributed by atoms with Gasteiger partial charge < -0.3 is 10.1 Å². The first-order chi connectivity index (χ1) is 6.72. The Morgan fingerprint density at radius 3 is 2.29 bits per heavy atom. The van der Waals surface area contributed by atoms with Gasteiger partial charge in [-0.15, -0.1) is 0 Å². The van der Waals surface area contributed by atoms with Crippen molar-refractivity contribution < 1.29 is 4.74 Å². The summed E-state index contributed by atoms with van der Waals surface area (Å²) in [6, 6.07) is 0.730. The summed E-state index contributed by atoms with van der Waals surface area (Å²) < 4.78 is 5.36. The minimum Gasteiger partial charge on any atom is -0.381 e. The first kappa shape index (κ1) is 12.0. The van der Waals surface area contributed by atoms with Crippen LogP contribution in [0, 0.1) is 5.41 Å². The Morgan fingerprint density at radius 2 is 1.86 bits per heavy atom. The van der Waals surface area contributed by atoms with E-state index >= 15 is 0 Å². The van der Waals surface area contributed by atoms with E-state index in [1.807, 2.05) is 0 Å². The normalized spacial score (nSPS) is 29.8. The molecule has 0 bridgehead atoms. The smallest absolute Gasteiger partial charge is 0.0471 e. The fourth-order valence-electron chi connectivity index (χ4n) is 2.37. The van der Waals surface area contributed by atoms with E-state index in [0.29, 0.717) is 5.41 Å². The third kappa shape index (κ3) is 3.25. The van der Waals surface area contributed by atoms with Crippen LogP contribution in [0.15, 0.2) is 0 Å².